The molecular formula is C12H14Cl2N2O2. The molecule has 1 N–H and O–H groups in total. The molecule has 18 heavy (non-hydrogen) atoms. The van der Waals surface area contributed by atoms with Crippen molar-refractivity contribution in [3.8, 4) is 0 Å². The number of carbonyl (C=O) groups is 1. The summed E-state index contributed by atoms with van der Waals surface area (Å²) in [5.41, 5.74) is 0.322. The monoisotopic (exact) mass is 288 g/mol. The van der Waals surface area contributed by atoms with E-state index < -0.39 is 6.10 Å². The van der Waals surface area contributed by atoms with Crippen LogP contribution < -0.4 is 0 Å². The number of carbonyl (C=O) groups excluding carboxylic acids is 1. The van der Waals surface area contributed by atoms with Crippen LogP contribution in [0.25, 0.3) is 0 Å². The van der Waals surface area contributed by atoms with Crippen LogP contribution in [0.5, 0.6) is 0 Å². The van der Waals surface area contributed by atoms with Gasteiger partial charge >= 0.3 is 0 Å². The zero-order chi connectivity index (χ0) is 13.3. The van der Waals surface area contributed by atoms with E-state index in [1.54, 1.807) is 11.0 Å². The molecule has 1 amide bonds. The number of rotatable bonds is 1. The Morgan fingerprint density at radius 2 is 2.22 bits per heavy atom. The number of aliphatic hydroxyl groups is 1. The van der Waals surface area contributed by atoms with Crippen LogP contribution in [0.4, 0.5) is 0 Å². The quantitative estimate of drug-likeness (QED) is 0.807. The summed E-state index contributed by atoms with van der Waals surface area (Å²) in [6.07, 6.45) is 0.299. The predicted octanol–water partition coefficient (Wildman–Crippen LogP) is 2.23. The number of nitrogens with zero attached hydrogens (tertiary/aromatic N) is 2. The third kappa shape index (κ3) is 2.76. The van der Waals surface area contributed by atoms with Crippen LogP contribution in [-0.2, 0) is 0 Å². The van der Waals surface area contributed by atoms with Gasteiger partial charge in [0, 0.05) is 13.1 Å². The van der Waals surface area contributed by atoms with E-state index >= 15 is 0 Å². The van der Waals surface area contributed by atoms with Crippen molar-refractivity contribution in [1.29, 1.82) is 0 Å². The van der Waals surface area contributed by atoms with Crippen LogP contribution >= 0.6 is 23.2 Å². The van der Waals surface area contributed by atoms with Crippen molar-refractivity contribution in [2.24, 2.45) is 5.92 Å². The SMILES string of the molecule is CC1CCN(C(=O)c2ccc(Cl)nc2Cl)CC1O. The fourth-order valence-electron chi connectivity index (χ4n) is 1.98. The number of aliphatic hydroxyl groups excluding tert-OH is 1. The third-order valence-electron chi connectivity index (χ3n) is 3.25. The van der Waals surface area contributed by atoms with Crippen LogP contribution in [0, 0.1) is 5.92 Å². The van der Waals surface area contributed by atoms with Crippen LogP contribution in [-0.4, -0.2) is 40.1 Å². The maximum absolute atomic E-state index is 12.2. The lowest BCUT2D eigenvalue weighted by Crippen LogP contribution is -2.45. The van der Waals surface area contributed by atoms with Crippen molar-refractivity contribution in [2.75, 3.05) is 13.1 Å². The van der Waals surface area contributed by atoms with Crippen LogP contribution in [0.3, 0.4) is 0 Å². The van der Waals surface area contributed by atoms with Gasteiger partial charge in [0.25, 0.3) is 5.91 Å². The van der Waals surface area contributed by atoms with E-state index in [-0.39, 0.29) is 22.1 Å². The summed E-state index contributed by atoms with van der Waals surface area (Å²) < 4.78 is 0. The molecule has 1 aliphatic rings. The highest BCUT2D eigenvalue weighted by Crippen LogP contribution is 2.22. The molecule has 0 aromatic carbocycles. The fourth-order valence-corrected chi connectivity index (χ4v) is 2.40. The molecule has 2 atom stereocenters. The molecule has 4 nitrogen and oxygen atoms in total. The van der Waals surface area contributed by atoms with Gasteiger partial charge in [-0.15, -0.1) is 0 Å². The van der Waals surface area contributed by atoms with Gasteiger partial charge in [-0.1, -0.05) is 30.1 Å². The number of amides is 1. The Morgan fingerprint density at radius 3 is 2.83 bits per heavy atom. The van der Waals surface area contributed by atoms with Crippen molar-refractivity contribution in [3.05, 3.63) is 28.0 Å². The van der Waals surface area contributed by atoms with Crippen molar-refractivity contribution >= 4 is 29.1 Å². The molecular weight excluding hydrogens is 275 g/mol. The van der Waals surface area contributed by atoms with Gasteiger partial charge in [0.1, 0.15) is 10.3 Å². The van der Waals surface area contributed by atoms with Crippen molar-refractivity contribution < 1.29 is 9.90 Å². The second-order valence-electron chi connectivity index (χ2n) is 4.56. The molecule has 0 spiro atoms. The molecule has 0 bridgehead atoms. The molecule has 6 heteroatoms. The molecule has 1 aromatic heterocycles. The molecule has 1 aromatic rings. The first-order valence-electron chi connectivity index (χ1n) is 5.78. The van der Waals surface area contributed by atoms with E-state index in [0.717, 1.165) is 6.42 Å². The standard InChI is InChI=1S/C12H14Cl2N2O2/c1-7-4-5-16(6-9(7)17)12(18)8-2-3-10(13)15-11(8)14/h2-3,7,9,17H,4-6H2,1H3. The Hall–Kier alpha value is -0.840. The number of β-amino-alcohol motifs (C(OH)–C–C–N with tert-alkyl or cyclic N) is 1. The van der Waals surface area contributed by atoms with Gasteiger partial charge in [-0.05, 0) is 24.5 Å². The maximum Gasteiger partial charge on any atom is 0.257 e. The minimum Gasteiger partial charge on any atom is -0.391 e. The van der Waals surface area contributed by atoms with Crippen molar-refractivity contribution in [2.45, 2.75) is 19.4 Å². The van der Waals surface area contributed by atoms with E-state index in [0.29, 0.717) is 18.7 Å². The normalized spacial score (nSPS) is 24.1. The highest BCUT2D eigenvalue weighted by molar-refractivity contribution is 6.34. The zero-order valence-corrected chi connectivity index (χ0v) is 11.4. The first-order valence-corrected chi connectivity index (χ1v) is 6.54. The van der Waals surface area contributed by atoms with Gasteiger partial charge < -0.3 is 10.0 Å². The Balaban J connectivity index is 2.16. The summed E-state index contributed by atoms with van der Waals surface area (Å²) in [7, 11) is 0. The van der Waals surface area contributed by atoms with Gasteiger partial charge in [0.15, 0.2) is 0 Å². The van der Waals surface area contributed by atoms with Crippen LogP contribution in [0.1, 0.15) is 23.7 Å². The number of piperidine rings is 1. The number of halogens is 2. The minimum absolute atomic E-state index is 0.0978. The number of likely N-dealkylation sites (tertiary alicyclic amines) is 1. The molecule has 98 valence electrons. The largest absolute Gasteiger partial charge is 0.391 e. The second kappa shape index (κ2) is 5.43. The van der Waals surface area contributed by atoms with Gasteiger partial charge in [-0.2, -0.15) is 0 Å². The lowest BCUT2D eigenvalue weighted by Gasteiger charge is -2.34. The Kier molecular flexibility index (Phi) is 4.10. The summed E-state index contributed by atoms with van der Waals surface area (Å²) in [5, 5.41) is 10.1. The zero-order valence-electron chi connectivity index (χ0n) is 9.94. The first-order chi connectivity index (χ1) is 8.49. The molecule has 1 fully saturated rings. The predicted molar refractivity (Wildman–Crippen MR) is 69.9 cm³/mol. The van der Waals surface area contributed by atoms with E-state index in [1.165, 1.54) is 6.07 Å². The molecule has 1 aliphatic heterocycles. The van der Waals surface area contributed by atoms with Gasteiger partial charge in [-0.25, -0.2) is 4.98 Å². The summed E-state index contributed by atoms with van der Waals surface area (Å²) in [4.78, 5) is 17.7. The molecule has 1 saturated heterocycles. The van der Waals surface area contributed by atoms with Gasteiger partial charge in [0.2, 0.25) is 0 Å². The van der Waals surface area contributed by atoms with E-state index in [2.05, 4.69) is 4.98 Å². The molecule has 0 radical (unpaired) electrons. The third-order valence-corrected chi connectivity index (χ3v) is 3.75. The number of hydrogen-bond donors (Lipinski definition) is 1. The smallest absolute Gasteiger partial charge is 0.257 e. The van der Waals surface area contributed by atoms with Gasteiger partial charge in [-0.3, -0.25) is 4.79 Å². The maximum atomic E-state index is 12.2. The summed E-state index contributed by atoms with van der Waals surface area (Å²) in [5.74, 6) is 0.00276. The van der Waals surface area contributed by atoms with Crippen LogP contribution in [0.2, 0.25) is 10.3 Å². The van der Waals surface area contributed by atoms with Crippen molar-refractivity contribution in [3.63, 3.8) is 0 Å². The number of aromatic nitrogens is 1. The minimum atomic E-state index is -0.485. The lowest BCUT2D eigenvalue weighted by molar-refractivity contribution is 0.0248. The number of pyridine rings is 1. The molecule has 2 unspecified atom stereocenters. The molecule has 2 heterocycles. The van der Waals surface area contributed by atoms with E-state index in [4.69, 9.17) is 23.2 Å². The number of hydrogen-bond acceptors (Lipinski definition) is 3. The second-order valence-corrected chi connectivity index (χ2v) is 5.30. The molecule has 0 aliphatic carbocycles. The summed E-state index contributed by atoms with van der Waals surface area (Å²) in [6.45, 7) is 2.93. The van der Waals surface area contributed by atoms with Gasteiger partial charge in [0.05, 0.1) is 11.7 Å². The highest BCUT2D eigenvalue weighted by Gasteiger charge is 2.28. The summed E-state index contributed by atoms with van der Waals surface area (Å²) >= 11 is 11.6. The highest BCUT2D eigenvalue weighted by atomic mass is 35.5. The Bertz CT molecular complexity index is 467. The topological polar surface area (TPSA) is 53.4 Å². The fraction of sp³-hybridized carbons (Fsp3) is 0.500. The Morgan fingerprint density at radius 1 is 1.50 bits per heavy atom. The molecule has 0 saturated carbocycles. The first kappa shape index (κ1) is 13.6. The van der Waals surface area contributed by atoms with Crippen molar-refractivity contribution in [1.82, 2.24) is 9.88 Å². The van der Waals surface area contributed by atoms with E-state index in [1.807, 2.05) is 6.92 Å². The Labute approximate surface area is 116 Å². The summed E-state index contributed by atoms with van der Waals surface area (Å²) in [6, 6.07) is 3.09. The average Bonchev–Trinajstić information content (AvgIpc) is 2.32. The van der Waals surface area contributed by atoms with E-state index in [9.17, 15) is 9.90 Å². The average molecular weight is 289 g/mol. The molecule has 2 rings (SSSR count). The van der Waals surface area contributed by atoms with Crippen LogP contribution in [0.15, 0.2) is 12.1 Å². The lowest BCUT2D eigenvalue weighted by atomic mass is 9.95.